The van der Waals surface area contributed by atoms with Crippen molar-refractivity contribution >= 4 is 12.0 Å². The summed E-state index contributed by atoms with van der Waals surface area (Å²) in [4.78, 5) is 23.7. The molecule has 22 heavy (non-hydrogen) atoms. The van der Waals surface area contributed by atoms with Gasteiger partial charge in [-0.05, 0) is 38.5 Å². The van der Waals surface area contributed by atoms with Crippen molar-refractivity contribution in [2.24, 2.45) is 0 Å². The van der Waals surface area contributed by atoms with Gasteiger partial charge >= 0.3 is 6.09 Å². The molecule has 0 spiro atoms. The molecule has 2 N–H and O–H groups in total. The van der Waals surface area contributed by atoms with Crippen LogP contribution in [0.1, 0.15) is 31.9 Å². The minimum Gasteiger partial charge on any atom is -0.444 e. The van der Waals surface area contributed by atoms with Crippen LogP contribution in [0, 0.1) is 11.3 Å². The molecule has 6 nitrogen and oxygen atoms in total. The van der Waals surface area contributed by atoms with Gasteiger partial charge < -0.3 is 15.4 Å². The van der Waals surface area contributed by atoms with E-state index in [1.54, 1.807) is 45.0 Å². The molecule has 0 aliphatic rings. The summed E-state index contributed by atoms with van der Waals surface area (Å²) in [6.07, 6.45) is -0.334. The maximum Gasteiger partial charge on any atom is 0.408 e. The van der Waals surface area contributed by atoms with E-state index >= 15 is 0 Å². The predicted octanol–water partition coefficient (Wildman–Crippen LogP) is 1.74. The zero-order valence-corrected chi connectivity index (χ0v) is 13.3. The molecule has 0 aliphatic heterocycles. The van der Waals surface area contributed by atoms with Crippen molar-refractivity contribution in [1.29, 1.82) is 5.26 Å². The van der Waals surface area contributed by atoms with Gasteiger partial charge in [0.15, 0.2) is 0 Å². The lowest BCUT2D eigenvalue weighted by Gasteiger charge is -2.23. The average molecular weight is 303 g/mol. The maximum atomic E-state index is 11.9. The van der Waals surface area contributed by atoms with Gasteiger partial charge in [-0.3, -0.25) is 4.79 Å². The highest BCUT2D eigenvalue weighted by Crippen LogP contribution is 2.09. The zero-order chi connectivity index (χ0) is 16.8. The molecule has 0 saturated carbocycles. The van der Waals surface area contributed by atoms with Gasteiger partial charge in [-0.15, -0.1) is 0 Å². The first-order chi connectivity index (χ1) is 10.2. The van der Waals surface area contributed by atoms with Gasteiger partial charge in [0.2, 0.25) is 5.91 Å². The Hall–Kier alpha value is -2.55. The number of nitrogens with zero attached hydrogens (tertiary/aromatic N) is 1. The molecular weight excluding hydrogens is 282 g/mol. The first kappa shape index (κ1) is 17.5. The fraction of sp³-hybridized carbons (Fsp3) is 0.438. The summed E-state index contributed by atoms with van der Waals surface area (Å²) in [7, 11) is 1.50. The Labute approximate surface area is 130 Å². The summed E-state index contributed by atoms with van der Waals surface area (Å²) < 4.78 is 5.16. The van der Waals surface area contributed by atoms with E-state index in [1.165, 1.54) is 7.05 Å². The number of rotatable bonds is 4. The Bertz CT molecular complexity index is 568. The third kappa shape index (κ3) is 5.83. The topological polar surface area (TPSA) is 91.2 Å². The minimum absolute atomic E-state index is 0.310. The molecule has 118 valence electrons. The van der Waals surface area contributed by atoms with E-state index in [0.29, 0.717) is 12.0 Å². The third-order valence-electron chi connectivity index (χ3n) is 2.78. The number of hydrogen-bond donors (Lipinski definition) is 2. The molecule has 0 saturated heterocycles. The van der Waals surface area contributed by atoms with Crippen molar-refractivity contribution in [2.45, 2.75) is 38.8 Å². The van der Waals surface area contributed by atoms with Crippen LogP contribution in [0.5, 0.6) is 0 Å². The predicted molar refractivity (Wildman–Crippen MR) is 82.1 cm³/mol. The molecule has 1 aromatic rings. The average Bonchev–Trinajstić information content (AvgIpc) is 2.44. The molecule has 0 aliphatic carbocycles. The highest BCUT2D eigenvalue weighted by atomic mass is 16.6. The van der Waals surface area contributed by atoms with Gasteiger partial charge in [-0.2, -0.15) is 5.26 Å². The normalized spacial score (nSPS) is 12.0. The van der Waals surface area contributed by atoms with Crippen LogP contribution < -0.4 is 10.6 Å². The first-order valence-corrected chi connectivity index (χ1v) is 6.95. The SMILES string of the molecule is CNC(=O)[C@@H](Cc1ccc(C#N)cc1)NC(=O)OC(C)(C)C. The van der Waals surface area contributed by atoms with Gasteiger partial charge in [0.05, 0.1) is 11.6 Å². The standard InChI is InChI=1S/C16H21N3O3/c1-16(2,3)22-15(21)19-13(14(20)18-4)9-11-5-7-12(10-17)8-6-11/h5-8,13H,9H2,1-4H3,(H,18,20)(H,19,21)/t13-/m1/s1. The second-order valence-corrected chi connectivity index (χ2v) is 5.83. The number of likely N-dealkylation sites (N-methyl/N-ethyl adjacent to an activating group) is 1. The van der Waals surface area contributed by atoms with Crippen LogP contribution in [0.2, 0.25) is 0 Å². The monoisotopic (exact) mass is 303 g/mol. The fourth-order valence-corrected chi connectivity index (χ4v) is 1.78. The number of carbonyl (C=O) groups is 2. The first-order valence-electron chi connectivity index (χ1n) is 6.95. The molecule has 1 aromatic carbocycles. The quantitative estimate of drug-likeness (QED) is 0.886. The number of carbonyl (C=O) groups excluding carboxylic acids is 2. The van der Waals surface area contributed by atoms with Crippen LogP contribution in [0.3, 0.4) is 0 Å². The summed E-state index contributed by atoms with van der Waals surface area (Å²) in [5, 5.41) is 13.9. The molecule has 0 radical (unpaired) electrons. The number of nitrogens with one attached hydrogen (secondary N) is 2. The molecular formula is C16H21N3O3. The Morgan fingerprint density at radius 1 is 1.27 bits per heavy atom. The third-order valence-corrected chi connectivity index (χ3v) is 2.78. The van der Waals surface area contributed by atoms with Crippen LogP contribution in [-0.2, 0) is 16.0 Å². The lowest BCUT2D eigenvalue weighted by atomic mass is 10.0. The molecule has 0 aromatic heterocycles. The summed E-state index contributed by atoms with van der Waals surface area (Å²) in [5.74, 6) is -0.310. The lowest BCUT2D eigenvalue weighted by Crippen LogP contribution is -2.48. The molecule has 2 amide bonds. The van der Waals surface area contributed by atoms with Crippen LogP contribution in [-0.4, -0.2) is 30.7 Å². The molecule has 0 fully saturated rings. The van der Waals surface area contributed by atoms with Crippen molar-refractivity contribution in [2.75, 3.05) is 7.05 Å². The summed E-state index contributed by atoms with van der Waals surface area (Å²) in [5.41, 5.74) is 0.746. The number of hydrogen-bond acceptors (Lipinski definition) is 4. The van der Waals surface area contributed by atoms with E-state index in [9.17, 15) is 9.59 Å². The van der Waals surface area contributed by atoms with E-state index in [1.807, 2.05) is 6.07 Å². The summed E-state index contributed by atoms with van der Waals surface area (Å²) in [6.45, 7) is 5.26. The van der Waals surface area contributed by atoms with Crippen molar-refractivity contribution in [3.05, 3.63) is 35.4 Å². The number of ether oxygens (including phenoxy) is 1. The minimum atomic E-state index is -0.743. The van der Waals surface area contributed by atoms with Crippen molar-refractivity contribution in [3.63, 3.8) is 0 Å². The Balaban J connectivity index is 2.78. The Morgan fingerprint density at radius 2 is 1.86 bits per heavy atom. The highest BCUT2D eigenvalue weighted by Gasteiger charge is 2.23. The van der Waals surface area contributed by atoms with Gasteiger partial charge in [0.1, 0.15) is 11.6 Å². The number of benzene rings is 1. The van der Waals surface area contributed by atoms with E-state index in [-0.39, 0.29) is 5.91 Å². The molecule has 6 heteroatoms. The second-order valence-electron chi connectivity index (χ2n) is 5.83. The maximum absolute atomic E-state index is 11.9. The number of nitriles is 1. The Kier molecular flexibility index (Phi) is 5.93. The molecule has 0 heterocycles. The van der Waals surface area contributed by atoms with Gasteiger partial charge in [0.25, 0.3) is 0 Å². The van der Waals surface area contributed by atoms with Crippen molar-refractivity contribution in [3.8, 4) is 6.07 Å². The molecule has 0 unspecified atom stereocenters. The van der Waals surface area contributed by atoms with Crippen LogP contribution in [0.25, 0.3) is 0 Å². The summed E-state index contributed by atoms with van der Waals surface area (Å²) >= 11 is 0. The van der Waals surface area contributed by atoms with E-state index in [4.69, 9.17) is 10.00 Å². The van der Waals surface area contributed by atoms with Gasteiger partial charge in [-0.1, -0.05) is 12.1 Å². The second kappa shape index (κ2) is 7.46. The molecule has 0 bridgehead atoms. The highest BCUT2D eigenvalue weighted by molar-refractivity contribution is 5.85. The smallest absolute Gasteiger partial charge is 0.408 e. The largest absolute Gasteiger partial charge is 0.444 e. The van der Waals surface area contributed by atoms with Crippen LogP contribution >= 0.6 is 0 Å². The van der Waals surface area contributed by atoms with Crippen molar-refractivity contribution in [1.82, 2.24) is 10.6 Å². The Morgan fingerprint density at radius 3 is 2.32 bits per heavy atom. The van der Waals surface area contributed by atoms with E-state index in [2.05, 4.69) is 10.6 Å². The van der Waals surface area contributed by atoms with Crippen LogP contribution in [0.15, 0.2) is 24.3 Å². The molecule has 1 rings (SSSR count). The van der Waals surface area contributed by atoms with Gasteiger partial charge in [-0.25, -0.2) is 4.79 Å². The fourth-order valence-electron chi connectivity index (χ4n) is 1.78. The zero-order valence-electron chi connectivity index (χ0n) is 13.3. The van der Waals surface area contributed by atoms with E-state index < -0.39 is 17.7 Å². The molecule has 1 atom stereocenters. The number of amides is 2. The summed E-state index contributed by atoms with van der Waals surface area (Å²) in [6, 6.07) is 8.14. The van der Waals surface area contributed by atoms with Crippen LogP contribution in [0.4, 0.5) is 4.79 Å². The van der Waals surface area contributed by atoms with E-state index in [0.717, 1.165) is 5.56 Å². The lowest BCUT2D eigenvalue weighted by molar-refractivity contribution is -0.122. The van der Waals surface area contributed by atoms with Crippen molar-refractivity contribution < 1.29 is 14.3 Å². The van der Waals surface area contributed by atoms with Gasteiger partial charge in [0, 0.05) is 13.5 Å². The number of alkyl carbamates (subject to hydrolysis) is 1.